The Morgan fingerprint density at radius 1 is 1.18 bits per heavy atom. The molecule has 1 aromatic carbocycles. The number of benzene rings is 1. The van der Waals surface area contributed by atoms with E-state index in [2.05, 4.69) is 26.6 Å². The van der Waals surface area contributed by atoms with Gasteiger partial charge in [0.25, 0.3) is 0 Å². The van der Waals surface area contributed by atoms with Gasteiger partial charge in [-0.2, -0.15) is 0 Å². The predicted molar refractivity (Wildman–Crippen MR) is 69.5 cm³/mol. The van der Waals surface area contributed by atoms with Crippen LogP contribution in [0.5, 0.6) is 0 Å². The van der Waals surface area contributed by atoms with Gasteiger partial charge < -0.3 is 10.1 Å². The van der Waals surface area contributed by atoms with Crippen molar-refractivity contribution < 1.29 is 14.3 Å². The van der Waals surface area contributed by atoms with E-state index in [9.17, 15) is 9.59 Å². The number of carbonyl (C=O) groups excluding carboxylic acids is 2. The molecule has 2 amide bonds. The number of amides is 2. The van der Waals surface area contributed by atoms with Gasteiger partial charge >= 0.3 is 6.09 Å². The number of anilines is 2. The van der Waals surface area contributed by atoms with Crippen molar-refractivity contribution in [2.75, 3.05) is 22.6 Å². The monoisotopic (exact) mass is 300 g/mol. The van der Waals surface area contributed by atoms with Gasteiger partial charge in [-0.3, -0.25) is 10.1 Å². The number of hydrogen-bond donors (Lipinski definition) is 2. The molecule has 0 saturated carbocycles. The van der Waals surface area contributed by atoms with Gasteiger partial charge in [-0.15, -0.1) is 0 Å². The number of carbonyl (C=O) groups is 2. The van der Waals surface area contributed by atoms with Crippen LogP contribution in [0.4, 0.5) is 16.2 Å². The van der Waals surface area contributed by atoms with Crippen LogP contribution in [0.15, 0.2) is 24.3 Å². The molecule has 0 aromatic heterocycles. The minimum Gasteiger partial charge on any atom is -0.450 e. The first-order valence-corrected chi connectivity index (χ1v) is 6.17. The zero-order valence-electron chi connectivity index (χ0n) is 9.33. The molecule has 6 heteroatoms. The molecule has 92 valence electrons. The van der Waals surface area contributed by atoms with E-state index < -0.39 is 6.09 Å². The maximum atomic E-state index is 11.1. The lowest BCUT2D eigenvalue weighted by Gasteiger charge is -2.06. The van der Waals surface area contributed by atoms with Gasteiger partial charge in [0.05, 0.1) is 11.9 Å². The number of alkyl halides is 1. The Morgan fingerprint density at radius 2 is 1.71 bits per heavy atom. The van der Waals surface area contributed by atoms with Crippen molar-refractivity contribution in [1.29, 1.82) is 0 Å². The van der Waals surface area contributed by atoms with E-state index in [4.69, 9.17) is 4.74 Å². The summed E-state index contributed by atoms with van der Waals surface area (Å²) >= 11 is 3.05. The summed E-state index contributed by atoms with van der Waals surface area (Å²) in [7, 11) is 0. The fourth-order valence-electron chi connectivity index (χ4n) is 1.12. The normalized spacial score (nSPS) is 9.53. The maximum Gasteiger partial charge on any atom is 0.411 e. The van der Waals surface area contributed by atoms with Crippen LogP contribution in [0.3, 0.4) is 0 Å². The summed E-state index contributed by atoms with van der Waals surface area (Å²) in [4.78, 5) is 22.2. The van der Waals surface area contributed by atoms with Gasteiger partial charge in [0.2, 0.25) is 5.91 Å². The van der Waals surface area contributed by atoms with E-state index in [1.165, 1.54) is 0 Å². The molecule has 17 heavy (non-hydrogen) atoms. The summed E-state index contributed by atoms with van der Waals surface area (Å²) in [5, 5.41) is 5.47. The first-order chi connectivity index (χ1) is 8.15. The van der Waals surface area contributed by atoms with Gasteiger partial charge in [-0.1, -0.05) is 15.9 Å². The molecule has 0 atom stereocenters. The summed E-state index contributed by atoms with van der Waals surface area (Å²) < 4.78 is 4.73. The third-order valence-corrected chi connectivity index (χ3v) is 2.32. The van der Waals surface area contributed by atoms with Crippen molar-refractivity contribution in [2.45, 2.75) is 6.92 Å². The lowest BCUT2D eigenvalue weighted by molar-refractivity contribution is -0.113. The molecule has 1 rings (SSSR count). The zero-order chi connectivity index (χ0) is 12.7. The summed E-state index contributed by atoms with van der Waals surface area (Å²) in [6.07, 6.45) is -0.496. The first kappa shape index (κ1) is 13.5. The fraction of sp³-hybridized carbons (Fsp3) is 0.273. The average Bonchev–Trinajstić information content (AvgIpc) is 2.32. The quantitative estimate of drug-likeness (QED) is 0.840. The summed E-state index contributed by atoms with van der Waals surface area (Å²) in [6.45, 7) is 2.06. The van der Waals surface area contributed by atoms with Gasteiger partial charge in [-0.05, 0) is 31.2 Å². The van der Waals surface area contributed by atoms with Crippen molar-refractivity contribution in [3.05, 3.63) is 24.3 Å². The summed E-state index contributed by atoms with van der Waals surface area (Å²) in [5.41, 5.74) is 1.28. The number of ether oxygens (including phenoxy) is 1. The summed E-state index contributed by atoms with van der Waals surface area (Å²) in [6, 6.07) is 6.76. The Bertz CT molecular complexity index is 392. The molecule has 2 N–H and O–H groups in total. The highest BCUT2D eigenvalue weighted by atomic mass is 79.9. The SMILES string of the molecule is CCOC(=O)Nc1ccc(NC(=O)CBr)cc1. The Labute approximate surface area is 108 Å². The Kier molecular flexibility index (Phi) is 5.48. The Hall–Kier alpha value is -1.56. The number of hydrogen-bond acceptors (Lipinski definition) is 3. The van der Waals surface area contributed by atoms with Crippen LogP contribution in [-0.4, -0.2) is 23.9 Å². The highest BCUT2D eigenvalue weighted by molar-refractivity contribution is 9.09. The topological polar surface area (TPSA) is 67.4 Å². The second-order valence-electron chi connectivity index (χ2n) is 3.10. The molecule has 5 nitrogen and oxygen atoms in total. The molecule has 0 spiro atoms. The number of halogens is 1. The van der Waals surface area contributed by atoms with E-state index in [0.29, 0.717) is 18.0 Å². The lowest BCUT2D eigenvalue weighted by Crippen LogP contribution is -2.14. The second-order valence-corrected chi connectivity index (χ2v) is 3.67. The molecule has 0 radical (unpaired) electrons. The lowest BCUT2D eigenvalue weighted by atomic mass is 10.3. The second kappa shape index (κ2) is 6.90. The zero-order valence-corrected chi connectivity index (χ0v) is 10.9. The molecule has 0 saturated heterocycles. The van der Waals surface area contributed by atoms with Crippen LogP contribution in [0.2, 0.25) is 0 Å². The first-order valence-electron chi connectivity index (χ1n) is 5.05. The number of nitrogens with one attached hydrogen (secondary N) is 2. The van der Waals surface area contributed by atoms with E-state index >= 15 is 0 Å². The van der Waals surface area contributed by atoms with E-state index in [1.54, 1.807) is 31.2 Å². The highest BCUT2D eigenvalue weighted by Crippen LogP contribution is 2.13. The molecule has 1 aromatic rings. The third-order valence-electron chi connectivity index (χ3n) is 1.81. The van der Waals surface area contributed by atoms with Gasteiger partial charge in [0.15, 0.2) is 0 Å². The van der Waals surface area contributed by atoms with Crippen LogP contribution >= 0.6 is 15.9 Å². The molecular formula is C11H13BrN2O3. The van der Waals surface area contributed by atoms with Crippen molar-refractivity contribution in [3.8, 4) is 0 Å². The maximum absolute atomic E-state index is 11.1. The smallest absolute Gasteiger partial charge is 0.411 e. The average molecular weight is 301 g/mol. The van der Waals surface area contributed by atoms with E-state index in [-0.39, 0.29) is 11.2 Å². The highest BCUT2D eigenvalue weighted by Gasteiger charge is 2.02. The van der Waals surface area contributed by atoms with Gasteiger partial charge in [0.1, 0.15) is 0 Å². The molecule has 0 aliphatic carbocycles. The Balaban J connectivity index is 2.55. The van der Waals surface area contributed by atoms with Gasteiger partial charge in [-0.25, -0.2) is 4.79 Å². The van der Waals surface area contributed by atoms with Crippen molar-refractivity contribution >= 4 is 39.3 Å². The molecular weight excluding hydrogens is 288 g/mol. The fourth-order valence-corrected chi connectivity index (χ4v) is 1.26. The Morgan fingerprint density at radius 3 is 2.18 bits per heavy atom. The molecule has 0 unspecified atom stereocenters. The molecule has 0 aliphatic heterocycles. The van der Waals surface area contributed by atoms with Crippen LogP contribution in [0.25, 0.3) is 0 Å². The molecule has 0 heterocycles. The van der Waals surface area contributed by atoms with Crippen molar-refractivity contribution in [2.24, 2.45) is 0 Å². The minimum absolute atomic E-state index is 0.129. The minimum atomic E-state index is -0.496. The van der Waals surface area contributed by atoms with Crippen LogP contribution in [-0.2, 0) is 9.53 Å². The van der Waals surface area contributed by atoms with E-state index in [1.807, 2.05) is 0 Å². The van der Waals surface area contributed by atoms with Crippen LogP contribution in [0, 0.1) is 0 Å². The van der Waals surface area contributed by atoms with E-state index in [0.717, 1.165) is 0 Å². The van der Waals surface area contributed by atoms with Crippen molar-refractivity contribution in [3.63, 3.8) is 0 Å². The van der Waals surface area contributed by atoms with Gasteiger partial charge in [0, 0.05) is 11.4 Å². The summed E-state index contributed by atoms with van der Waals surface area (Å²) in [5.74, 6) is -0.129. The van der Waals surface area contributed by atoms with Crippen molar-refractivity contribution in [1.82, 2.24) is 0 Å². The van der Waals surface area contributed by atoms with Crippen LogP contribution < -0.4 is 10.6 Å². The predicted octanol–water partition coefficient (Wildman–Crippen LogP) is 2.59. The molecule has 0 bridgehead atoms. The molecule has 0 aliphatic rings. The number of rotatable bonds is 4. The largest absolute Gasteiger partial charge is 0.450 e. The van der Waals surface area contributed by atoms with Crippen LogP contribution in [0.1, 0.15) is 6.92 Å². The standard InChI is InChI=1S/C11H13BrN2O3/c1-2-17-11(16)14-9-5-3-8(4-6-9)13-10(15)7-12/h3-6H,2,7H2,1H3,(H,13,15)(H,14,16). The molecule has 0 fully saturated rings. The third kappa shape index (κ3) is 4.86.